The average Bonchev–Trinajstić information content (AvgIpc) is 2.71. The highest BCUT2D eigenvalue weighted by Crippen LogP contribution is 2.41. The fraction of sp³-hybridized carbons (Fsp3) is 0.316. The van der Waals surface area contributed by atoms with Crippen LogP contribution in [-0.4, -0.2) is 37.6 Å². The van der Waals surface area contributed by atoms with E-state index in [1.54, 1.807) is 24.8 Å². The van der Waals surface area contributed by atoms with E-state index in [1.165, 1.54) is 18.3 Å². The van der Waals surface area contributed by atoms with E-state index < -0.39 is 17.9 Å². The second kappa shape index (κ2) is 7.79. The van der Waals surface area contributed by atoms with E-state index in [1.807, 2.05) is 0 Å². The van der Waals surface area contributed by atoms with Gasteiger partial charge in [0.05, 0.1) is 5.69 Å². The zero-order chi connectivity index (χ0) is 19.5. The molecule has 9 heteroatoms. The minimum Gasteiger partial charge on any atom is -0.368 e. The molecule has 7 nitrogen and oxygen atoms in total. The standard InChI is InChI=1S/C19H19F2N7/c20-15-4-3-13(15)14(17-16(21)2-1-5-23-17)10-28-19-26-8-12(9-27-19)11-6-24-18(22)25-7-11/h1-2,5-9,13-15H,3-4,10H2,(H2,22,24,25)(H,26,27,28)/t13?,14-,15-/m0/s1. The third-order valence-electron chi connectivity index (χ3n) is 5.03. The van der Waals surface area contributed by atoms with Crippen molar-refractivity contribution in [2.75, 3.05) is 17.6 Å². The number of nitrogens with two attached hydrogens (primary N) is 1. The van der Waals surface area contributed by atoms with E-state index in [4.69, 9.17) is 5.73 Å². The van der Waals surface area contributed by atoms with Gasteiger partial charge in [-0.2, -0.15) is 0 Å². The second-order valence-corrected chi connectivity index (χ2v) is 6.74. The first-order valence-corrected chi connectivity index (χ1v) is 9.00. The molecule has 3 aromatic heterocycles. The topological polar surface area (TPSA) is 102 Å². The van der Waals surface area contributed by atoms with Crippen molar-refractivity contribution in [3.8, 4) is 11.1 Å². The lowest BCUT2D eigenvalue weighted by Gasteiger charge is -2.37. The second-order valence-electron chi connectivity index (χ2n) is 6.74. The summed E-state index contributed by atoms with van der Waals surface area (Å²) in [6.45, 7) is 0.295. The van der Waals surface area contributed by atoms with E-state index in [2.05, 4.69) is 30.2 Å². The van der Waals surface area contributed by atoms with E-state index >= 15 is 0 Å². The fourth-order valence-electron chi connectivity index (χ4n) is 3.32. The molecule has 0 aromatic carbocycles. The van der Waals surface area contributed by atoms with Crippen LogP contribution in [0.25, 0.3) is 11.1 Å². The van der Waals surface area contributed by atoms with Crippen molar-refractivity contribution in [2.45, 2.75) is 24.9 Å². The third kappa shape index (κ3) is 3.73. The van der Waals surface area contributed by atoms with Gasteiger partial charge in [-0.15, -0.1) is 0 Å². The van der Waals surface area contributed by atoms with Gasteiger partial charge in [-0.1, -0.05) is 0 Å². The Kier molecular flexibility index (Phi) is 5.05. The molecular weight excluding hydrogens is 364 g/mol. The quantitative estimate of drug-likeness (QED) is 0.674. The Morgan fingerprint density at radius 3 is 2.29 bits per heavy atom. The van der Waals surface area contributed by atoms with Crippen LogP contribution in [-0.2, 0) is 0 Å². The molecule has 1 unspecified atom stereocenters. The van der Waals surface area contributed by atoms with Gasteiger partial charge in [0.1, 0.15) is 12.0 Å². The van der Waals surface area contributed by atoms with Crippen LogP contribution in [0.1, 0.15) is 24.5 Å². The van der Waals surface area contributed by atoms with E-state index in [-0.39, 0.29) is 17.6 Å². The van der Waals surface area contributed by atoms with Crippen LogP contribution in [0.15, 0.2) is 43.1 Å². The van der Waals surface area contributed by atoms with Gasteiger partial charge >= 0.3 is 0 Å². The highest BCUT2D eigenvalue weighted by Gasteiger charge is 2.39. The molecule has 0 aliphatic heterocycles. The fourth-order valence-corrected chi connectivity index (χ4v) is 3.32. The molecule has 4 rings (SSSR count). The molecule has 3 atom stereocenters. The predicted octanol–water partition coefficient (Wildman–Crippen LogP) is 2.99. The van der Waals surface area contributed by atoms with Gasteiger partial charge < -0.3 is 11.1 Å². The predicted molar refractivity (Wildman–Crippen MR) is 101 cm³/mol. The molecule has 0 spiro atoms. The minimum atomic E-state index is -0.943. The van der Waals surface area contributed by atoms with E-state index in [0.29, 0.717) is 25.3 Å². The molecule has 1 aliphatic carbocycles. The summed E-state index contributed by atoms with van der Waals surface area (Å²) in [6, 6.07) is 2.88. The summed E-state index contributed by atoms with van der Waals surface area (Å²) in [5, 5.41) is 3.08. The number of halogens is 2. The van der Waals surface area contributed by atoms with Gasteiger partial charge in [-0.25, -0.2) is 28.7 Å². The molecule has 1 saturated carbocycles. The van der Waals surface area contributed by atoms with Gasteiger partial charge in [-0.05, 0) is 25.0 Å². The highest BCUT2D eigenvalue weighted by molar-refractivity contribution is 5.60. The first kappa shape index (κ1) is 18.1. The number of rotatable bonds is 6. The summed E-state index contributed by atoms with van der Waals surface area (Å²) in [7, 11) is 0. The molecule has 1 aliphatic rings. The largest absolute Gasteiger partial charge is 0.368 e. The number of hydrogen-bond donors (Lipinski definition) is 2. The summed E-state index contributed by atoms with van der Waals surface area (Å²) < 4.78 is 28.2. The average molecular weight is 383 g/mol. The summed E-state index contributed by atoms with van der Waals surface area (Å²) >= 11 is 0. The zero-order valence-corrected chi connectivity index (χ0v) is 15.0. The van der Waals surface area contributed by atoms with Gasteiger partial charge in [0.2, 0.25) is 11.9 Å². The molecular formula is C19H19F2N7. The number of nitrogen functional groups attached to an aromatic ring is 1. The molecule has 0 amide bonds. The van der Waals surface area contributed by atoms with Crippen LogP contribution in [0, 0.1) is 11.7 Å². The number of anilines is 2. The number of aromatic nitrogens is 5. The number of nitrogens with one attached hydrogen (secondary N) is 1. The summed E-state index contributed by atoms with van der Waals surface area (Å²) in [6.07, 6.45) is 8.23. The normalized spacial score (nSPS) is 19.6. The Balaban J connectivity index is 1.48. The van der Waals surface area contributed by atoms with Crippen molar-refractivity contribution < 1.29 is 8.78 Å². The van der Waals surface area contributed by atoms with Crippen molar-refractivity contribution in [3.05, 3.63) is 54.6 Å². The number of alkyl halides is 1. The van der Waals surface area contributed by atoms with E-state index in [9.17, 15) is 8.78 Å². The molecule has 144 valence electrons. The molecule has 0 radical (unpaired) electrons. The van der Waals surface area contributed by atoms with Crippen LogP contribution in [0.4, 0.5) is 20.7 Å². The maximum Gasteiger partial charge on any atom is 0.222 e. The van der Waals surface area contributed by atoms with Gasteiger partial charge in [0.15, 0.2) is 0 Å². The summed E-state index contributed by atoms with van der Waals surface area (Å²) in [5.41, 5.74) is 7.24. The first-order valence-electron chi connectivity index (χ1n) is 9.00. The monoisotopic (exact) mass is 383 g/mol. The molecule has 3 N–H and O–H groups in total. The maximum atomic E-state index is 14.2. The number of hydrogen-bond acceptors (Lipinski definition) is 7. The third-order valence-corrected chi connectivity index (χ3v) is 5.03. The van der Waals surface area contributed by atoms with Crippen molar-refractivity contribution in [1.29, 1.82) is 0 Å². The SMILES string of the molecule is Nc1ncc(-c2cnc(NC[C@H](c3ncccc3F)C3CC[C@@H]3F)nc2)cn1. The van der Waals surface area contributed by atoms with Crippen molar-refractivity contribution >= 4 is 11.9 Å². The van der Waals surface area contributed by atoms with Crippen LogP contribution in [0.3, 0.4) is 0 Å². The van der Waals surface area contributed by atoms with Crippen LogP contribution < -0.4 is 11.1 Å². The van der Waals surface area contributed by atoms with Crippen LogP contribution in [0.5, 0.6) is 0 Å². The highest BCUT2D eigenvalue weighted by atomic mass is 19.1. The van der Waals surface area contributed by atoms with Gasteiger partial charge in [0.25, 0.3) is 0 Å². The lowest BCUT2D eigenvalue weighted by molar-refractivity contribution is 0.0894. The lowest BCUT2D eigenvalue weighted by Crippen LogP contribution is -2.37. The van der Waals surface area contributed by atoms with Crippen molar-refractivity contribution in [2.24, 2.45) is 5.92 Å². The summed E-state index contributed by atoms with van der Waals surface area (Å²) in [4.78, 5) is 20.6. The molecule has 0 bridgehead atoms. The zero-order valence-electron chi connectivity index (χ0n) is 15.0. The Bertz CT molecular complexity index is 934. The lowest BCUT2D eigenvalue weighted by atomic mass is 9.72. The smallest absolute Gasteiger partial charge is 0.222 e. The molecule has 1 fully saturated rings. The van der Waals surface area contributed by atoms with Gasteiger partial charge in [-0.3, -0.25) is 4.98 Å². The summed E-state index contributed by atoms with van der Waals surface area (Å²) in [5.74, 6) is -0.510. The molecule has 0 saturated heterocycles. The first-order chi connectivity index (χ1) is 13.6. The maximum absolute atomic E-state index is 14.2. The Labute approximate surface area is 160 Å². The molecule has 3 aromatic rings. The van der Waals surface area contributed by atoms with Crippen LogP contribution in [0.2, 0.25) is 0 Å². The van der Waals surface area contributed by atoms with Crippen molar-refractivity contribution in [3.63, 3.8) is 0 Å². The van der Waals surface area contributed by atoms with Gasteiger partial charge in [0, 0.05) is 60.5 Å². The number of nitrogens with zero attached hydrogens (tertiary/aromatic N) is 5. The Hall–Kier alpha value is -3.23. The van der Waals surface area contributed by atoms with E-state index in [0.717, 1.165) is 11.1 Å². The van der Waals surface area contributed by atoms with Crippen LogP contribution >= 0.6 is 0 Å². The molecule has 28 heavy (non-hydrogen) atoms. The Morgan fingerprint density at radius 2 is 1.71 bits per heavy atom. The van der Waals surface area contributed by atoms with Crippen molar-refractivity contribution in [1.82, 2.24) is 24.9 Å². The molecule has 3 heterocycles. The Morgan fingerprint density at radius 1 is 1.04 bits per heavy atom. The number of pyridine rings is 1. The minimum absolute atomic E-state index is 0.193.